The number of thiophene rings is 1. The predicted molar refractivity (Wildman–Crippen MR) is 130 cm³/mol. The molecular formula is C25H27N5O3S. The molecule has 1 atom stereocenters. The lowest BCUT2D eigenvalue weighted by Crippen LogP contribution is -2.47. The van der Waals surface area contributed by atoms with Gasteiger partial charge < -0.3 is 18.9 Å². The molecule has 8 nitrogen and oxygen atoms in total. The summed E-state index contributed by atoms with van der Waals surface area (Å²) < 4.78 is 15.7. The number of amides is 1. The summed E-state index contributed by atoms with van der Waals surface area (Å²) in [5, 5.41) is 6.20. The Labute approximate surface area is 202 Å². The minimum atomic E-state index is -0.178. The van der Waals surface area contributed by atoms with E-state index in [1.807, 2.05) is 42.2 Å². The van der Waals surface area contributed by atoms with Crippen LogP contribution in [0.4, 0.5) is 0 Å². The zero-order chi connectivity index (χ0) is 23.5. The molecule has 1 aliphatic heterocycles. The average molecular weight is 478 g/mol. The fourth-order valence-corrected chi connectivity index (χ4v) is 4.91. The first-order chi connectivity index (χ1) is 16.6. The first-order valence-electron chi connectivity index (χ1n) is 11.3. The standard InChI is InChI=1S/C25H27N5O3S/c1-18-12-24(19(2)29(18)14-23-4-3-11-34-23)25(31)28-9-10-32-22(13-28)15-33-21-7-5-20(6-8-21)30-17-26-16-27-30/h3-8,11-12,16-17,22H,9-10,13-15H2,1-2H3. The summed E-state index contributed by atoms with van der Waals surface area (Å²) in [4.78, 5) is 20.5. The lowest BCUT2D eigenvalue weighted by atomic mass is 10.2. The van der Waals surface area contributed by atoms with E-state index in [2.05, 4.69) is 39.1 Å². The smallest absolute Gasteiger partial charge is 0.255 e. The fraction of sp³-hybridized carbons (Fsp3) is 0.320. The highest BCUT2D eigenvalue weighted by Crippen LogP contribution is 2.22. The fourth-order valence-electron chi connectivity index (χ4n) is 4.22. The van der Waals surface area contributed by atoms with Crippen LogP contribution in [0.2, 0.25) is 0 Å². The number of aryl methyl sites for hydroxylation is 1. The van der Waals surface area contributed by atoms with Gasteiger partial charge in [0.2, 0.25) is 0 Å². The summed E-state index contributed by atoms with van der Waals surface area (Å²) in [6, 6.07) is 13.8. The van der Waals surface area contributed by atoms with Gasteiger partial charge in [-0.15, -0.1) is 11.3 Å². The van der Waals surface area contributed by atoms with E-state index in [9.17, 15) is 4.79 Å². The lowest BCUT2D eigenvalue weighted by Gasteiger charge is -2.33. The van der Waals surface area contributed by atoms with Crippen molar-refractivity contribution in [1.29, 1.82) is 0 Å². The second kappa shape index (κ2) is 9.82. The monoisotopic (exact) mass is 477 g/mol. The Bertz CT molecular complexity index is 1230. The van der Waals surface area contributed by atoms with Crippen molar-refractivity contribution < 1.29 is 14.3 Å². The van der Waals surface area contributed by atoms with E-state index in [-0.39, 0.29) is 12.0 Å². The summed E-state index contributed by atoms with van der Waals surface area (Å²) in [7, 11) is 0. The number of carbonyl (C=O) groups excluding carboxylic acids is 1. The molecule has 1 aliphatic rings. The Morgan fingerprint density at radius 3 is 2.82 bits per heavy atom. The molecular weight excluding hydrogens is 450 g/mol. The Kier molecular flexibility index (Phi) is 6.46. The van der Waals surface area contributed by atoms with Gasteiger partial charge in [-0.3, -0.25) is 4.79 Å². The zero-order valence-electron chi connectivity index (χ0n) is 19.3. The molecule has 0 N–H and O–H groups in total. The summed E-state index contributed by atoms with van der Waals surface area (Å²) in [6.07, 6.45) is 2.97. The predicted octanol–water partition coefficient (Wildman–Crippen LogP) is 3.72. The van der Waals surface area contributed by atoms with Crippen LogP contribution in [0.1, 0.15) is 26.6 Å². The molecule has 5 rings (SSSR count). The molecule has 1 aromatic carbocycles. The van der Waals surface area contributed by atoms with Gasteiger partial charge >= 0.3 is 0 Å². The van der Waals surface area contributed by atoms with Crippen molar-refractivity contribution in [3.8, 4) is 11.4 Å². The van der Waals surface area contributed by atoms with Crippen molar-refractivity contribution in [2.75, 3.05) is 26.3 Å². The van der Waals surface area contributed by atoms with E-state index in [1.54, 1.807) is 22.3 Å². The number of aromatic nitrogens is 4. The SMILES string of the molecule is Cc1cc(C(=O)N2CCOC(COc3ccc(-n4cncn4)cc3)C2)c(C)n1Cc1cccs1. The van der Waals surface area contributed by atoms with Gasteiger partial charge in [0.05, 0.1) is 30.9 Å². The van der Waals surface area contributed by atoms with E-state index in [1.165, 1.54) is 11.2 Å². The molecule has 0 saturated carbocycles. The van der Waals surface area contributed by atoms with Gasteiger partial charge in [0.15, 0.2) is 0 Å². The number of morpholine rings is 1. The highest BCUT2D eigenvalue weighted by molar-refractivity contribution is 7.09. The topological polar surface area (TPSA) is 74.4 Å². The highest BCUT2D eigenvalue weighted by Gasteiger charge is 2.28. The number of ether oxygens (including phenoxy) is 2. The third-order valence-electron chi connectivity index (χ3n) is 6.08. The van der Waals surface area contributed by atoms with Crippen LogP contribution < -0.4 is 4.74 Å². The van der Waals surface area contributed by atoms with Crippen LogP contribution in [0, 0.1) is 13.8 Å². The van der Waals surface area contributed by atoms with Gasteiger partial charge in [-0.2, -0.15) is 5.10 Å². The third-order valence-corrected chi connectivity index (χ3v) is 6.94. The molecule has 1 unspecified atom stereocenters. The maximum Gasteiger partial charge on any atom is 0.255 e. The molecule has 34 heavy (non-hydrogen) atoms. The van der Waals surface area contributed by atoms with E-state index in [0.717, 1.165) is 34.9 Å². The van der Waals surface area contributed by atoms with Crippen LogP contribution >= 0.6 is 11.3 Å². The Hall–Kier alpha value is -3.43. The van der Waals surface area contributed by atoms with Crippen LogP contribution in [0.5, 0.6) is 5.75 Å². The maximum atomic E-state index is 13.4. The lowest BCUT2D eigenvalue weighted by molar-refractivity contribution is -0.0401. The van der Waals surface area contributed by atoms with Crippen LogP contribution in [0.3, 0.4) is 0 Å². The van der Waals surface area contributed by atoms with E-state index in [4.69, 9.17) is 9.47 Å². The second-order valence-corrected chi connectivity index (χ2v) is 9.37. The highest BCUT2D eigenvalue weighted by atomic mass is 32.1. The minimum Gasteiger partial charge on any atom is -0.491 e. The summed E-state index contributed by atoms with van der Waals surface area (Å²) in [6.45, 7) is 6.83. The van der Waals surface area contributed by atoms with Crippen molar-refractivity contribution in [1.82, 2.24) is 24.2 Å². The molecule has 1 fully saturated rings. The number of hydrogen-bond donors (Lipinski definition) is 0. The van der Waals surface area contributed by atoms with Crippen LogP contribution in [-0.2, 0) is 11.3 Å². The van der Waals surface area contributed by atoms with Gasteiger partial charge in [0.1, 0.15) is 31.1 Å². The maximum absolute atomic E-state index is 13.4. The molecule has 0 bridgehead atoms. The molecule has 4 heterocycles. The molecule has 4 aromatic rings. The van der Waals surface area contributed by atoms with E-state index < -0.39 is 0 Å². The molecule has 176 valence electrons. The van der Waals surface area contributed by atoms with Crippen LogP contribution in [0.15, 0.2) is 60.5 Å². The van der Waals surface area contributed by atoms with Crippen molar-refractivity contribution in [2.45, 2.75) is 26.5 Å². The summed E-state index contributed by atoms with van der Waals surface area (Å²) in [5.41, 5.74) is 3.77. The number of carbonyl (C=O) groups is 1. The Balaban J connectivity index is 1.20. The van der Waals surface area contributed by atoms with Crippen molar-refractivity contribution in [3.05, 3.63) is 82.3 Å². The second-order valence-electron chi connectivity index (χ2n) is 8.34. The molecule has 0 aliphatic carbocycles. The molecule has 1 amide bonds. The van der Waals surface area contributed by atoms with Crippen molar-refractivity contribution >= 4 is 17.2 Å². The minimum absolute atomic E-state index is 0.0519. The van der Waals surface area contributed by atoms with Crippen LogP contribution in [-0.4, -0.2) is 62.5 Å². The van der Waals surface area contributed by atoms with Gasteiger partial charge in [-0.25, -0.2) is 9.67 Å². The number of benzene rings is 1. The van der Waals surface area contributed by atoms with Gasteiger partial charge in [-0.05, 0) is 55.6 Å². The summed E-state index contributed by atoms with van der Waals surface area (Å²) >= 11 is 1.73. The Morgan fingerprint density at radius 1 is 1.24 bits per heavy atom. The molecule has 0 radical (unpaired) electrons. The number of rotatable bonds is 7. The molecule has 1 saturated heterocycles. The Morgan fingerprint density at radius 2 is 2.09 bits per heavy atom. The summed E-state index contributed by atoms with van der Waals surface area (Å²) in [5.74, 6) is 0.795. The van der Waals surface area contributed by atoms with Crippen molar-refractivity contribution in [3.63, 3.8) is 0 Å². The van der Waals surface area contributed by atoms with E-state index >= 15 is 0 Å². The van der Waals surface area contributed by atoms with E-state index in [0.29, 0.717) is 26.3 Å². The largest absolute Gasteiger partial charge is 0.491 e. The first kappa shape index (κ1) is 22.4. The molecule has 0 spiro atoms. The molecule has 3 aromatic heterocycles. The first-order valence-corrected chi connectivity index (χ1v) is 12.1. The van der Waals surface area contributed by atoms with Crippen LogP contribution in [0.25, 0.3) is 5.69 Å². The quantitative estimate of drug-likeness (QED) is 0.406. The number of hydrogen-bond acceptors (Lipinski definition) is 6. The number of nitrogens with zero attached hydrogens (tertiary/aromatic N) is 5. The van der Waals surface area contributed by atoms with Gasteiger partial charge in [0, 0.05) is 22.8 Å². The average Bonchev–Trinajstić information content (AvgIpc) is 3.63. The normalized spacial score (nSPS) is 16.1. The zero-order valence-corrected chi connectivity index (χ0v) is 20.1. The van der Waals surface area contributed by atoms with Gasteiger partial charge in [0.25, 0.3) is 5.91 Å². The van der Waals surface area contributed by atoms with Crippen molar-refractivity contribution in [2.24, 2.45) is 0 Å². The van der Waals surface area contributed by atoms with Gasteiger partial charge in [-0.1, -0.05) is 6.07 Å². The third kappa shape index (κ3) is 4.76. The molecule has 9 heteroatoms.